The fourth-order valence-electron chi connectivity index (χ4n) is 4.40. The molecule has 0 aliphatic carbocycles. The third-order valence-corrected chi connectivity index (χ3v) is 6.20. The van der Waals surface area contributed by atoms with Crippen molar-refractivity contribution in [1.29, 1.82) is 0 Å². The number of aromatic nitrogens is 2. The van der Waals surface area contributed by atoms with Gasteiger partial charge in [-0.25, -0.2) is 18.1 Å². The standard InChI is InChI=1S/C28H25F2N3O4/c1-3-17-8-11-20(12-9-17)33-27(35)21-14-18-6-5-7-24(36-4-2)26(18)37-28(21)32(33)16-25(34)31-23-13-10-19(29)15-22(23)30/h5-13,15H,3-4,14,16H2,1-2H3,(H,31,34). The maximum atomic E-state index is 14.2. The van der Waals surface area contributed by atoms with Crippen molar-refractivity contribution in [2.75, 3.05) is 11.9 Å². The van der Waals surface area contributed by atoms with Crippen LogP contribution in [0.3, 0.4) is 0 Å². The number of carbonyl (C=O) groups is 1. The van der Waals surface area contributed by atoms with E-state index < -0.39 is 17.5 Å². The Balaban J connectivity index is 1.59. The van der Waals surface area contributed by atoms with Gasteiger partial charge in [-0.15, -0.1) is 0 Å². The van der Waals surface area contributed by atoms with Crippen LogP contribution in [0.4, 0.5) is 14.5 Å². The van der Waals surface area contributed by atoms with E-state index in [1.165, 1.54) is 9.36 Å². The minimum absolute atomic E-state index is 0.168. The summed E-state index contributed by atoms with van der Waals surface area (Å²) in [6.45, 7) is 3.96. The predicted molar refractivity (Wildman–Crippen MR) is 135 cm³/mol. The molecule has 0 atom stereocenters. The van der Waals surface area contributed by atoms with E-state index in [1.807, 2.05) is 38.1 Å². The van der Waals surface area contributed by atoms with Gasteiger partial charge in [-0.3, -0.25) is 9.59 Å². The third kappa shape index (κ3) is 4.60. The monoisotopic (exact) mass is 505 g/mol. The Bertz CT molecular complexity index is 1540. The fraction of sp³-hybridized carbons (Fsp3) is 0.214. The van der Waals surface area contributed by atoms with Gasteiger partial charge in [0.25, 0.3) is 5.56 Å². The SMILES string of the molecule is CCOc1cccc2c1Oc1c(c(=O)n(-c3ccc(CC)cc3)n1CC(=O)Nc1ccc(F)cc1F)C2. The van der Waals surface area contributed by atoms with Gasteiger partial charge in [-0.05, 0) is 49.2 Å². The Hall–Kier alpha value is -4.40. The van der Waals surface area contributed by atoms with Crippen molar-refractivity contribution in [2.24, 2.45) is 0 Å². The number of anilines is 1. The number of aryl methyl sites for hydroxylation is 1. The van der Waals surface area contributed by atoms with E-state index in [0.717, 1.165) is 29.7 Å². The second-order valence-corrected chi connectivity index (χ2v) is 8.61. The number of nitrogens with one attached hydrogen (secondary N) is 1. The summed E-state index contributed by atoms with van der Waals surface area (Å²) < 4.78 is 42.2. The number of ether oxygens (including phenoxy) is 2. The molecule has 1 amide bonds. The summed E-state index contributed by atoms with van der Waals surface area (Å²) >= 11 is 0. The maximum absolute atomic E-state index is 14.2. The maximum Gasteiger partial charge on any atom is 0.278 e. The molecule has 5 rings (SSSR count). The van der Waals surface area contributed by atoms with Gasteiger partial charge in [0.15, 0.2) is 11.5 Å². The molecule has 0 fully saturated rings. The molecule has 1 aliphatic rings. The highest BCUT2D eigenvalue weighted by Gasteiger charge is 2.31. The number of hydrogen-bond donors (Lipinski definition) is 1. The average molecular weight is 506 g/mol. The molecule has 0 spiro atoms. The molecule has 4 aromatic rings. The van der Waals surface area contributed by atoms with Crippen LogP contribution in [0.1, 0.15) is 30.5 Å². The highest BCUT2D eigenvalue weighted by atomic mass is 19.1. The molecule has 0 radical (unpaired) electrons. The first-order valence-corrected chi connectivity index (χ1v) is 12.0. The van der Waals surface area contributed by atoms with E-state index in [-0.39, 0.29) is 23.7 Å². The molecule has 1 aliphatic heterocycles. The number of rotatable bonds is 7. The highest BCUT2D eigenvalue weighted by Crippen LogP contribution is 2.42. The second-order valence-electron chi connectivity index (χ2n) is 8.61. The molecule has 3 aromatic carbocycles. The Kier molecular flexibility index (Phi) is 6.52. The highest BCUT2D eigenvalue weighted by molar-refractivity contribution is 5.90. The lowest BCUT2D eigenvalue weighted by atomic mass is 10.0. The number of hydrogen-bond acceptors (Lipinski definition) is 4. The lowest BCUT2D eigenvalue weighted by molar-refractivity contribution is -0.117. The summed E-state index contributed by atoms with van der Waals surface area (Å²) in [4.78, 5) is 26.7. The molecule has 190 valence electrons. The van der Waals surface area contributed by atoms with E-state index >= 15 is 0 Å². The van der Waals surface area contributed by atoms with Crippen LogP contribution < -0.4 is 20.3 Å². The predicted octanol–water partition coefficient (Wildman–Crippen LogP) is 5.21. The Morgan fingerprint density at radius 2 is 1.86 bits per heavy atom. The van der Waals surface area contributed by atoms with Crippen molar-refractivity contribution < 1.29 is 23.0 Å². The van der Waals surface area contributed by atoms with Crippen LogP contribution in [0, 0.1) is 11.6 Å². The zero-order valence-electron chi connectivity index (χ0n) is 20.4. The zero-order valence-corrected chi connectivity index (χ0v) is 20.4. The number of benzene rings is 3. The lowest BCUT2D eigenvalue weighted by Crippen LogP contribution is -2.27. The Labute approximate surface area is 211 Å². The summed E-state index contributed by atoms with van der Waals surface area (Å²) in [5.74, 6) is -1.05. The number of fused-ring (bicyclic) bond motifs is 2. The van der Waals surface area contributed by atoms with Gasteiger partial charge in [-0.1, -0.05) is 31.2 Å². The molecule has 0 bridgehead atoms. The fourth-order valence-corrected chi connectivity index (χ4v) is 4.40. The van der Waals surface area contributed by atoms with E-state index in [1.54, 1.807) is 18.2 Å². The smallest absolute Gasteiger partial charge is 0.278 e. The summed E-state index contributed by atoms with van der Waals surface area (Å²) in [7, 11) is 0. The topological polar surface area (TPSA) is 74.5 Å². The third-order valence-electron chi connectivity index (χ3n) is 6.20. The van der Waals surface area contributed by atoms with Crippen LogP contribution >= 0.6 is 0 Å². The molecular weight excluding hydrogens is 480 g/mol. The van der Waals surface area contributed by atoms with Gasteiger partial charge in [0.1, 0.15) is 18.2 Å². The van der Waals surface area contributed by atoms with Crippen molar-refractivity contribution in [2.45, 2.75) is 33.2 Å². The van der Waals surface area contributed by atoms with Gasteiger partial charge in [0.2, 0.25) is 11.8 Å². The van der Waals surface area contributed by atoms with E-state index in [9.17, 15) is 18.4 Å². The molecule has 2 heterocycles. The normalized spacial score (nSPS) is 11.9. The van der Waals surface area contributed by atoms with Crippen molar-refractivity contribution in [3.05, 3.63) is 99.3 Å². The summed E-state index contributed by atoms with van der Waals surface area (Å²) in [6.07, 6.45) is 1.12. The molecule has 7 nitrogen and oxygen atoms in total. The number of halogens is 2. The summed E-state index contributed by atoms with van der Waals surface area (Å²) in [5, 5.41) is 2.45. The first-order chi connectivity index (χ1) is 17.9. The quantitative estimate of drug-likeness (QED) is 0.329. The minimum Gasteiger partial charge on any atom is -0.490 e. The van der Waals surface area contributed by atoms with Crippen molar-refractivity contribution >= 4 is 11.6 Å². The van der Waals surface area contributed by atoms with Crippen LogP contribution in [0.5, 0.6) is 17.4 Å². The van der Waals surface area contributed by atoms with Gasteiger partial charge >= 0.3 is 0 Å². The van der Waals surface area contributed by atoms with Crippen LogP contribution in [-0.4, -0.2) is 21.9 Å². The molecule has 1 aromatic heterocycles. The van der Waals surface area contributed by atoms with Crippen molar-refractivity contribution in [3.63, 3.8) is 0 Å². The van der Waals surface area contributed by atoms with Gasteiger partial charge < -0.3 is 14.8 Å². The number of nitrogens with zero attached hydrogens (tertiary/aromatic N) is 2. The molecule has 1 N–H and O–H groups in total. The summed E-state index contributed by atoms with van der Waals surface area (Å²) in [6, 6.07) is 15.8. The molecular formula is C28H25F2N3O4. The first kappa shape index (κ1) is 24.3. The van der Waals surface area contributed by atoms with Gasteiger partial charge in [0, 0.05) is 18.1 Å². The molecule has 0 unspecified atom stereocenters. The zero-order chi connectivity index (χ0) is 26.1. The molecule has 37 heavy (non-hydrogen) atoms. The van der Waals surface area contributed by atoms with Crippen LogP contribution in [0.25, 0.3) is 5.69 Å². The minimum atomic E-state index is -0.901. The van der Waals surface area contributed by atoms with Crippen LogP contribution in [-0.2, 0) is 24.2 Å². The van der Waals surface area contributed by atoms with E-state index in [2.05, 4.69) is 5.32 Å². The summed E-state index contributed by atoms with van der Waals surface area (Å²) in [5.41, 5.74) is 2.33. The van der Waals surface area contributed by atoms with Gasteiger partial charge in [0.05, 0.1) is 23.5 Å². The molecule has 0 saturated heterocycles. The van der Waals surface area contributed by atoms with E-state index in [4.69, 9.17) is 9.47 Å². The average Bonchev–Trinajstić information content (AvgIpc) is 3.15. The Morgan fingerprint density at radius 1 is 1.08 bits per heavy atom. The van der Waals surface area contributed by atoms with Gasteiger partial charge in [-0.2, -0.15) is 0 Å². The van der Waals surface area contributed by atoms with Crippen molar-refractivity contribution in [3.8, 4) is 23.1 Å². The number of amides is 1. The number of carbonyl (C=O) groups excluding carboxylic acids is 1. The first-order valence-electron chi connectivity index (χ1n) is 12.0. The van der Waals surface area contributed by atoms with Crippen LogP contribution in [0.15, 0.2) is 65.5 Å². The second kappa shape index (κ2) is 9.93. The number of para-hydroxylation sites is 1. The molecule has 0 saturated carbocycles. The van der Waals surface area contributed by atoms with E-state index in [0.29, 0.717) is 41.8 Å². The molecule has 9 heteroatoms. The Morgan fingerprint density at radius 3 is 2.57 bits per heavy atom. The lowest BCUT2D eigenvalue weighted by Gasteiger charge is -2.21. The van der Waals surface area contributed by atoms with Crippen molar-refractivity contribution in [1.82, 2.24) is 9.36 Å². The van der Waals surface area contributed by atoms with Crippen LogP contribution in [0.2, 0.25) is 0 Å². The largest absolute Gasteiger partial charge is 0.490 e.